The topological polar surface area (TPSA) is 35.5 Å². The first-order chi connectivity index (χ1) is 15.7. The van der Waals surface area contributed by atoms with E-state index in [0.717, 1.165) is 30.8 Å². The van der Waals surface area contributed by atoms with Crippen molar-refractivity contribution in [2.24, 2.45) is 5.92 Å². The lowest BCUT2D eigenvalue weighted by Crippen LogP contribution is -2.66. The Labute approximate surface area is 204 Å². The van der Waals surface area contributed by atoms with Gasteiger partial charge < -0.3 is 13.6 Å². The molecule has 0 amide bonds. The van der Waals surface area contributed by atoms with Crippen LogP contribution in [0.15, 0.2) is 60.7 Å². The van der Waals surface area contributed by atoms with Crippen LogP contribution in [-0.4, -0.2) is 35.6 Å². The van der Waals surface area contributed by atoms with Crippen molar-refractivity contribution in [1.82, 2.24) is 0 Å². The Bertz CT molecular complexity index is 781. The van der Waals surface area contributed by atoms with Crippen molar-refractivity contribution in [1.29, 1.82) is 0 Å². The van der Waals surface area contributed by atoms with Gasteiger partial charge in [-0.05, 0) is 40.0 Å². The second-order valence-corrected chi connectivity index (χ2v) is 19.2. The summed E-state index contributed by atoms with van der Waals surface area (Å²) in [5, 5.41) is 2.50. The third-order valence-corrected chi connectivity index (χ3v) is 17.0. The zero-order valence-corrected chi connectivity index (χ0v) is 23.8. The number of hydrogen-bond donors (Lipinski definition) is 0. The van der Waals surface area contributed by atoms with Crippen LogP contribution < -0.4 is 10.4 Å². The molecule has 0 aliphatic heterocycles. The Morgan fingerprint density at radius 2 is 1.30 bits per heavy atom. The minimum atomic E-state index is -2.58. The van der Waals surface area contributed by atoms with Crippen LogP contribution in [0, 0.1) is 5.92 Å². The normalized spacial score (nSPS) is 14.6. The van der Waals surface area contributed by atoms with Crippen LogP contribution in [-0.2, 0) is 13.6 Å². The molecule has 0 fully saturated rings. The molecule has 182 valence electrons. The standard InChI is InChI=1S/C28H44O3Si2/c1-8-32(9-2,10-3)31-27(24(4)23-29)21-22-30-33(28(5,6)7,25-17-13-11-14-18-25)26-19-15-12-16-20-26/h11-20,23-24,27H,8-10,21-22H2,1-7H3/t24-,27-/m0/s1. The maximum Gasteiger partial charge on any atom is 0.261 e. The van der Waals surface area contributed by atoms with E-state index < -0.39 is 16.6 Å². The van der Waals surface area contributed by atoms with Crippen molar-refractivity contribution in [3.8, 4) is 0 Å². The maximum absolute atomic E-state index is 11.8. The summed E-state index contributed by atoms with van der Waals surface area (Å²) >= 11 is 0. The van der Waals surface area contributed by atoms with Gasteiger partial charge in [-0.15, -0.1) is 0 Å². The fourth-order valence-corrected chi connectivity index (χ4v) is 12.5. The van der Waals surface area contributed by atoms with Crippen molar-refractivity contribution in [3.05, 3.63) is 60.7 Å². The average molecular weight is 485 g/mol. The highest BCUT2D eigenvalue weighted by atomic mass is 28.4. The lowest BCUT2D eigenvalue weighted by atomic mass is 10.0. The molecular weight excluding hydrogens is 440 g/mol. The smallest absolute Gasteiger partial charge is 0.261 e. The van der Waals surface area contributed by atoms with Gasteiger partial charge in [-0.25, -0.2) is 0 Å². The lowest BCUT2D eigenvalue weighted by molar-refractivity contribution is -0.113. The number of benzene rings is 2. The number of hydrogen-bond acceptors (Lipinski definition) is 3. The number of aldehydes is 1. The highest BCUT2D eigenvalue weighted by Gasteiger charge is 2.50. The highest BCUT2D eigenvalue weighted by molar-refractivity contribution is 6.99. The van der Waals surface area contributed by atoms with Gasteiger partial charge in [-0.1, -0.05) is 109 Å². The fraction of sp³-hybridized carbons (Fsp3) is 0.536. The van der Waals surface area contributed by atoms with Crippen LogP contribution in [0.2, 0.25) is 23.2 Å². The van der Waals surface area contributed by atoms with E-state index >= 15 is 0 Å². The van der Waals surface area contributed by atoms with Gasteiger partial charge in [0, 0.05) is 12.5 Å². The maximum atomic E-state index is 11.8. The largest absolute Gasteiger partial charge is 0.413 e. The van der Waals surface area contributed by atoms with Gasteiger partial charge in [0.2, 0.25) is 0 Å². The predicted octanol–water partition coefficient (Wildman–Crippen LogP) is 6.18. The lowest BCUT2D eigenvalue weighted by Gasteiger charge is -2.43. The Hall–Kier alpha value is -1.54. The molecule has 0 bridgehead atoms. The third-order valence-electron chi connectivity index (χ3n) is 7.27. The van der Waals surface area contributed by atoms with Crippen molar-refractivity contribution in [2.45, 2.75) is 84.2 Å². The van der Waals surface area contributed by atoms with Gasteiger partial charge in [0.1, 0.15) is 6.29 Å². The molecular formula is C28H44O3Si2. The van der Waals surface area contributed by atoms with Gasteiger partial charge >= 0.3 is 0 Å². The number of rotatable bonds is 13. The summed E-state index contributed by atoms with van der Waals surface area (Å²) in [6.07, 6.45) is 1.69. The summed E-state index contributed by atoms with van der Waals surface area (Å²) < 4.78 is 13.9. The molecule has 2 aromatic rings. The molecule has 3 nitrogen and oxygen atoms in total. The van der Waals surface area contributed by atoms with Crippen LogP contribution in [0.1, 0.15) is 54.9 Å². The van der Waals surface area contributed by atoms with Crippen molar-refractivity contribution >= 4 is 33.3 Å². The quantitative estimate of drug-likeness (QED) is 0.252. The first-order valence-electron chi connectivity index (χ1n) is 12.6. The van der Waals surface area contributed by atoms with Gasteiger partial charge in [0.25, 0.3) is 8.32 Å². The van der Waals surface area contributed by atoms with Crippen molar-refractivity contribution < 1.29 is 13.6 Å². The molecule has 2 aromatic carbocycles. The van der Waals surface area contributed by atoms with Crippen molar-refractivity contribution in [2.75, 3.05) is 6.61 Å². The van der Waals surface area contributed by atoms with Crippen molar-refractivity contribution in [3.63, 3.8) is 0 Å². The highest BCUT2D eigenvalue weighted by Crippen LogP contribution is 2.37. The molecule has 5 heteroatoms. The molecule has 0 aromatic heterocycles. The summed E-state index contributed by atoms with van der Waals surface area (Å²) in [7, 11) is -4.40. The van der Waals surface area contributed by atoms with E-state index in [2.05, 4.69) is 102 Å². The van der Waals surface area contributed by atoms with E-state index in [1.165, 1.54) is 10.4 Å². The molecule has 2 atom stereocenters. The van der Waals surface area contributed by atoms with Crippen LogP contribution in [0.5, 0.6) is 0 Å². The van der Waals surface area contributed by atoms with Crippen LogP contribution in [0.3, 0.4) is 0 Å². The van der Waals surface area contributed by atoms with E-state index in [1.807, 2.05) is 6.92 Å². The Morgan fingerprint density at radius 1 is 0.848 bits per heavy atom. The molecule has 0 spiro atoms. The molecule has 33 heavy (non-hydrogen) atoms. The van der Waals surface area contributed by atoms with E-state index in [0.29, 0.717) is 6.61 Å². The molecule has 0 heterocycles. The molecule has 0 saturated carbocycles. The third kappa shape index (κ3) is 6.33. The van der Waals surface area contributed by atoms with E-state index in [9.17, 15) is 4.79 Å². The SMILES string of the molecule is CC[Si](CC)(CC)O[C@@H](CCO[Si](c1ccccc1)(c1ccccc1)C(C)(C)C)[C@@H](C)C=O. The van der Waals surface area contributed by atoms with E-state index in [-0.39, 0.29) is 17.1 Å². The zero-order valence-electron chi connectivity index (χ0n) is 21.8. The fourth-order valence-electron chi connectivity index (χ4n) is 4.93. The minimum Gasteiger partial charge on any atom is -0.413 e. The first-order valence-corrected chi connectivity index (χ1v) is 17.0. The summed E-state index contributed by atoms with van der Waals surface area (Å²) in [6, 6.07) is 24.7. The Morgan fingerprint density at radius 3 is 1.67 bits per heavy atom. The molecule has 0 aliphatic carbocycles. The molecule has 0 aliphatic rings. The summed E-state index contributed by atoms with van der Waals surface area (Å²) in [4.78, 5) is 11.8. The molecule has 0 N–H and O–H groups in total. The monoisotopic (exact) mass is 484 g/mol. The molecule has 0 saturated heterocycles. The summed E-state index contributed by atoms with van der Waals surface area (Å²) in [5.41, 5.74) is 0. The predicted molar refractivity (Wildman–Crippen MR) is 145 cm³/mol. The van der Waals surface area contributed by atoms with E-state index in [4.69, 9.17) is 8.85 Å². The van der Waals surface area contributed by atoms with Crippen LogP contribution in [0.4, 0.5) is 0 Å². The minimum absolute atomic E-state index is 0.0584. The molecule has 0 radical (unpaired) electrons. The Kier molecular flexibility index (Phi) is 10.3. The van der Waals surface area contributed by atoms with Crippen LogP contribution >= 0.6 is 0 Å². The second kappa shape index (κ2) is 12.2. The van der Waals surface area contributed by atoms with Gasteiger partial charge in [0.15, 0.2) is 8.32 Å². The van der Waals surface area contributed by atoms with E-state index in [1.54, 1.807) is 0 Å². The zero-order chi connectivity index (χ0) is 24.5. The molecule has 2 rings (SSSR count). The average Bonchev–Trinajstić information content (AvgIpc) is 2.84. The van der Waals surface area contributed by atoms with Gasteiger partial charge in [-0.3, -0.25) is 0 Å². The summed E-state index contributed by atoms with van der Waals surface area (Å²) in [6.45, 7) is 16.2. The first kappa shape index (κ1) is 27.7. The Balaban J connectivity index is 2.40. The van der Waals surface area contributed by atoms with Crippen LogP contribution in [0.25, 0.3) is 0 Å². The van der Waals surface area contributed by atoms with Gasteiger partial charge in [0.05, 0.1) is 6.10 Å². The van der Waals surface area contributed by atoms with Gasteiger partial charge in [-0.2, -0.15) is 0 Å². The summed E-state index contributed by atoms with van der Waals surface area (Å²) in [5.74, 6) is -0.135. The number of carbonyl (C=O) groups excluding carboxylic acids is 1. The molecule has 0 unspecified atom stereocenters. The number of carbonyl (C=O) groups is 1. The second-order valence-electron chi connectivity index (χ2n) is 10.2.